The molecule has 0 aromatic heterocycles. The molecule has 0 rings (SSSR count). The first kappa shape index (κ1) is 10.6. The van der Waals surface area contributed by atoms with Gasteiger partial charge in [0.2, 0.25) is 0 Å². The molecule has 0 fully saturated rings. The number of hydrogen-bond acceptors (Lipinski definition) is 2. The highest BCUT2D eigenvalue weighted by Crippen LogP contribution is 1.87. The van der Waals surface area contributed by atoms with Crippen molar-refractivity contribution in [3.63, 3.8) is 0 Å². The van der Waals surface area contributed by atoms with Gasteiger partial charge in [0.1, 0.15) is 0 Å². The Kier molecular flexibility index (Phi) is 6.68. The second-order valence-corrected chi connectivity index (χ2v) is 4.62. The largest absolute Gasteiger partial charge is 0.305 e. The normalized spacial score (nSPS) is 14.0. The molecule has 1 unspecified atom stereocenters. The quantitative estimate of drug-likeness (QED) is 0.645. The fourth-order valence-corrected chi connectivity index (χ4v) is 1.71. The van der Waals surface area contributed by atoms with Crippen molar-refractivity contribution in [1.82, 2.24) is 4.90 Å². The van der Waals surface area contributed by atoms with Gasteiger partial charge in [0.25, 0.3) is 0 Å². The predicted molar refractivity (Wildman–Crippen MR) is 50.2 cm³/mol. The Morgan fingerprint density at radius 1 is 1.50 bits per heavy atom. The van der Waals surface area contributed by atoms with E-state index in [1.165, 1.54) is 0 Å². The smallest absolute Gasteiger partial charge is 0.0359 e. The Morgan fingerprint density at radius 3 is 2.50 bits per heavy atom. The Labute approximate surface area is 73.6 Å². The molecule has 4 heteroatoms. The van der Waals surface area contributed by atoms with Crippen molar-refractivity contribution in [2.75, 3.05) is 37.5 Å². The van der Waals surface area contributed by atoms with E-state index in [0.29, 0.717) is 0 Å². The number of rotatable bonds is 5. The van der Waals surface area contributed by atoms with Crippen molar-refractivity contribution >= 4 is 26.7 Å². The van der Waals surface area contributed by atoms with Crippen LogP contribution in [0.1, 0.15) is 0 Å². The zero-order valence-electron chi connectivity index (χ0n) is 6.47. The highest BCUT2D eigenvalue weighted by Gasteiger charge is 1.97. The van der Waals surface area contributed by atoms with E-state index in [0.717, 1.165) is 24.2 Å². The minimum absolute atomic E-state index is 0.647. The van der Waals surface area contributed by atoms with Crippen LogP contribution in [0.3, 0.4) is 0 Å². The molecule has 0 radical (unpaired) electrons. The zero-order valence-corrected chi connectivity index (χ0v) is 8.87. The lowest BCUT2D eigenvalue weighted by Crippen LogP contribution is -2.25. The molecule has 0 heterocycles. The summed E-state index contributed by atoms with van der Waals surface area (Å²) in [5.41, 5.74) is 0. The summed E-state index contributed by atoms with van der Waals surface area (Å²) in [4.78, 5) is 2.16. The summed E-state index contributed by atoms with van der Waals surface area (Å²) in [6, 6.07) is 0. The molecule has 0 aliphatic heterocycles. The summed E-state index contributed by atoms with van der Waals surface area (Å²) in [5.74, 6) is 0.781. The lowest BCUT2D eigenvalue weighted by molar-refractivity contribution is 0.379. The molecule has 0 aromatic rings. The molecule has 2 nitrogen and oxygen atoms in total. The van der Waals surface area contributed by atoms with Crippen LogP contribution in [0.4, 0.5) is 0 Å². The van der Waals surface area contributed by atoms with E-state index in [1.807, 2.05) is 7.05 Å². The summed E-state index contributed by atoms with van der Waals surface area (Å²) in [6.07, 6.45) is 1.74. The van der Waals surface area contributed by atoms with Crippen molar-refractivity contribution in [2.45, 2.75) is 0 Å². The first-order valence-electron chi connectivity index (χ1n) is 3.21. The molecule has 0 spiro atoms. The van der Waals surface area contributed by atoms with E-state index >= 15 is 0 Å². The standard InChI is InChI=1S/C6H14BrNOS/c1-8(4-3-7)5-6-10(2)9/h3-6H2,1-2H3. The molecule has 62 valence electrons. The second kappa shape index (κ2) is 6.31. The van der Waals surface area contributed by atoms with Gasteiger partial charge in [0, 0.05) is 41.2 Å². The van der Waals surface area contributed by atoms with Gasteiger partial charge < -0.3 is 4.90 Å². The molecule has 0 saturated carbocycles. The first-order valence-corrected chi connectivity index (χ1v) is 6.06. The van der Waals surface area contributed by atoms with Gasteiger partial charge >= 0.3 is 0 Å². The van der Waals surface area contributed by atoms with E-state index in [9.17, 15) is 4.21 Å². The van der Waals surface area contributed by atoms with Crippen molar-refractivity contribution in [3.05, 3.63) is 0 Å². The fraction of sp³-hybridized carbons (Fsp3) is 1.00. The summed E-state index contributed by atoms with van der Waals surface area (Å²) in [5, 5.41) is 0.986. The van der Waals surface area contributed by atoms with Gasteiger partial charge in [-0.05, 0) is 7.05 Å². The van der Waals surface area contributed by atoms with Crippen LogP contribution >= 0.6 is 15.9 Å². The van der Waals surface area contributed by atoms with Gasteiger partial charge in [0.15, 0.2) is 0 Å². The summed E-state index contributed by atoms with van der Waals surface area (Å²) < 4.78 is 10.6. The average Bonchev–Trinajstić information content (AvgIpc) is 1.85. The van der Waals surface area contributed by atoms with Crippen LogP contribution in [0.2, 0.25) is 0 Å². The van der Waals surface area contributed by atoms with E-state index in [1.54, 1.807) is 6.26 Å². The van der Waals surface area contributed by atoms with Gasteiger partial charge in [-0.2, -0.15) is 0 Å². The van der Waals surface area contributed by atoms with Crippen LogP contribution in [-0.4, -0.2) is 46.6 Å². The van der Waals surface area contributed by atoms with Crippen molar-refractivity contribution in [3.8, 4) is 0 Å². The summed E-state index contributed by atoms with van der Waals surface area (Å²) in [6.45, 7) is 1.95. The molecule has 0 aromatic carbocycles. The van der Waals surface area contributed by atoms with E-state index in [2.05, 4.69) is 20.8 Å². The van der Waals surface area contributed by atoms with Gasteiger partial charge in [0.05, 0.1) is 0 Å². The Morgan fingerprint density at radius 2 is 2.10 bits per heavy atom. The minimum atomic E-state index is -0.647. The second-order valence-electron chi connectivity index (χ2n) is 2.27. The number of alkyl halides is 1. The maximum atomic E-state index is 10.6. The van der Waals surface area contributed by atoms with Crippen LogP contribution in [0, 0.1) is 0 Å². The molecule has 0 N–H and O–H groups in total. The fourth-order valence-electron chi connectivity index (χ4n) is 0.540. The lowest BCUT2D eigenvalue weighted by Gasteiger charge is -2.12. The summed E-state index contributed by atoms with van der Waals surface area (Å²) in [7, 11) is 1.39. The van der Waals surface area contributed by atoms with Crippen LogP contribution in [-0.2, 0) is 10.8 Å². The van der Waals surface area contributed by atoms with Gasteiger partial charge in [-0.1, -0.05) is 15.9 Å². The minimum Gasteiger partial charge on any atom is -0.305 e. The monoisotopic (exact) mass is 227 g/mol. The van der Waals surface area contributed by atoms with E-state index in [-0.39, 0.29) is 0 Å². The van der Waals surface area contributed by atoms with Crippen LogP contribution in [0.5, 0.6) is 0 Å². The third-order valence-electron chi connectivity index (χ3n) is 1.23. The molecule has 0 aliphatic rings. The molecular weight excluding hydrogens is 214 g/mol. The third-order valence-corrected chi connectivity index (χ3v) is 2.34. The predicted octanol–water partition coefficient (Wildman–Crippen LogP) is 0.692. The molecule has 0 bridgehead atoms. The van der Waals surface area contributed by atoms with Crippen molar-refractivity contribution in [2.24, 2.45) is 0 Å². The summed E-state index contributed by atoms with van der Waals surface area (Å²) >= 11 is 3.34. The molecule has 1 atom stereocenters. The Balaban J connectivity index is 3.21. The highest BCUT2D eigenvalue weighted by molar-refractivity contribution is 9.09. The lowest BCUT2D eigenvalue weighted by atomic mass is 10.6. The molecule has 0 amide bonds. The van der Waals surface area contributed by atoms with E-state index < -0.39 is 10.8 Å². The number of halogens is 1. The Hall–Kier alpha value is 0.590. The van der Waals surface area contributed by atoms with E-state index in [4.69, 9.17) is 0 Å². The average molecular weight is 228 g/mol. The van der Waals surface area contributed by atoms with Gasteiger partial charge in [-0.25, -0.2) is 0 Å². The number of nitrogens with zero attached hydrogens (tertiary/aromatic N) is 1. The maximum Gasteiger partial charge on any atom is 0.0359 e. The van der Waals surface area contributed by atoms with Gasteiger partial charge in [-0.3, -0.25) is 4.21 Å². The van der Waals surface area contributed by atoms with Crippen molar-refractivity contribution < 1.29 is 4.21 Å². The Bertz CT molecular complexity index is 110. The highest BCUT2D eigenvalue weighted by atomic mass is 79.9. The SMILES string of the molecule is CN(CCBr)CCS(C)=O. The zero-order chi connectivity index (χ0) is 7.98. The number of hydrogen-bond donors (Lipinski definition) is 0. The topological polar surface area (TPSA) is 20.3 Å². The molecular formula is C6H14BrNOS. The van der Waals surface area contributed by atoms with Gasteiger partial charge in [-0.15, -0.1) is 0 Å². The molecule has 10 heavy (non-hydrogen) atoms. The van der Waals surface area contributed by atoms with Crippen LogP contribution in [0.25, 0.3) is 0 Å². The van der Waals surface area contributed by atoms with Crippen molar-refractivity contribution in [1.29, 1.82) is 0 Å². The van der Waals surface area contributed by atoms with Crippen LogP contribution < -0.4 is 0 Å². The maximum absolute atomic E-state index is 10.6. The first-order chi connectivity index (χ1) is 4.66. The molecule has 0 aliphatic carbocycles. The third kappa shape index (κ3) is 6.71. The molecule has 0 saturated heterocycles. The van der Waals surface area contributed by atoms with Crippen LogP contribution in [0.15, 0.2) is 0 Å².